The van der Waals surface area contributed by atoms with Gasteiger partial charge in [0.1, 0.15) is 0 Å². The van der Waals surface area contributed by atoms with Gasteiger partial charge in [-0.05, 0) is 43.0 Å². The SMILES string of the molecule is CCOC(=O)C1=C(C)N(Cc2cccs2)C(=O)N[C@H]1c1cc(OC)c(OC)c(OC)c1. The summed E-state index contributed by atoms with van der Waals surface area (Å²) in [5.41, 5.74) is 1.50. The number of carbonyl (C=O) groups excluding carboxylic acids is 2. The van der Waals surface area contributed by atoms with Crippen molar-refractivity contribution in [1.29, 1.82) is 0 Å². The molecule has 0 bridgehead atoms. The number of nitrogens with zero attached hydrogens (tertiary/aromatic N) is 1. The van der Waals surface area contributed by atoms with Gasteiger partial charge >= 0.3 is 12.0 Å². The molecular weight excluding hydrogens is 420 g/mol. The fourth-order valence-electron chi connectivity index (χ4n) is 3.52. The van der Waals surface area contributed by atoms with Gasteiger partial charge < -0.3 is 24.3 Å². The fourth-order valence-corrected chi connectivity index (χ4v) is 4.21. The summed E-state index contributed by atoms with van der Waals surface area (Å²) in [5.74, 6) is 0.782. The van der Waals surface area contributed by atoms with Crippen molar-refractivity contribution < 1.29 is 28.5 Å². The third-order valence-corrected chi connectivity index (χ3v) is 5.87. The van der Waals surface area contributed by atoms with E-state index in [0.29, 0.717) is 40.6 Å². The lowest BCUT2D eigenvalue weighted by Crippen LogP contribution is -2.47. The molecule has 9 heteroatoms. The van der Waals surface area contributed by atoms with E-state index in [4.69, 9.17) is 18.9 Å². The third-order valence-electron chi connectivity index (χ3n) is 5.01. The average Bonchev–Trinajstić information content (AvgIpc) is 3.28. The zero-order chi connectivity index (χ0) is 22.5. The molecule has 0 aliphatic carbocycles. The summed E-state index contributed by atoms with van der Waals surface area (Å²) in [7, 11) is 4.53. The van der Waals surface area contributed by atoms with Crippen LogP contribution in [-0.2, 0) is 16.1 Å². The second-order valence-corrected chi connectivity index (χ2v) is 7.76. The highest BCUT2D eigenvalue weighted by molar-refractivity contribution is 7.09. The number of rotatable bonds is 8. The first kappa shape index (κ1) is 22.5. The molecule has 0 spiro atoms. The van der Waals surface area contributed by atoms with Gasteiger partial charge in [-0.1, -0.05) is 6.07 Å². The Hall–Kier alpha value is -3.20. The summed E-state index contributed by atoms with van der Waals surface area (Å²) in [6, 6.07) is 6.26. The lowest BCUT2D eigenvalue weighted by Gasteiger charge is -2.35. The molecule has 1 aromatic heterocycles. The number of urea groups is 1. The maximum absolute atomic E-state index is 13.0. The molecular formula is C22H26N2O6S. The first-order chi connectivity index (χ1) is 14.9. The summed E-state index contributed by atoms with van der Waals surface area (Å²) >= 11 is 1.54. The summed E-state index contributed by atoms with van der Waals surface area (Å²) < 4.78 is 21.6. The van der Waals surface area contributed by atoms with Gasteiger partial charge in [0.2, 0.25) is 5.75 Å². The molecule has 0 saturated carbocycles. The van der Waals surface area contributed by atoms with Crippen molar-refractivity contribution in [2.24, 2.45) is 0 Å². The maximum Gasteiger partial charge on any atom is 0.338 e. The molecule has 3 rings (SSSR count). The predicted octanol–water partition coefficient (Wildman–Crippen LogP) is 3.88. The lowest BCUT2D eigenvalue weighted by molar-refractivity contribution is -0.139. The van der Waals surface area contributed by atoms with Gasteiger partial charge in [0.15, 0.2) is 11.5 Å². The standard InChI is InChI=1S/C22H26N2O6S/c1-6-30-21(25)18-13(2)24(12-15-8-7-9-31-15)22(26)23-19(18)14-10-16(27-3)20(29-5)17(11-14)28-4/h7-11,19H,6,12H2,1-5H3,(H,23,26)/t19-/m0/s1. The minimum atomic E-state index is -0.736. The number of hydrogen-bond donors (Lipinski definition) is 1. The first-order valence-corrected chi connectivity index (χ1v) is 10.6. The maximum atomic E-state index is 13.0. The Balaban J connectivity index is 2.11. The molecule has 2 aromatic rings. The van der Waals surface area contributed by atoms with E-state index in [-0.39, 0.29) is 12.6 Å². The Morgan fingerprint density at radius 2 is 1.84 bits per heavy atom. The second-order valence-electron chi connectivity index (χ2n) is 6.73. The number of ether oxygens (including phenoxy) is 4. The van der Waals surface area contributed by atoms with Crippen molar-refractivity contribution in [3.05, 3.63) is 51.4 Å². The largest absolute Gasteiger partial charge is 0.493 e. The molecule has 1 atom stereocenters. The Kier molecular flexibility index (Phi) is 7.06. The van der Waals surface area contributed by atoms with Crippen molar-refractivity contribution in [1.82, 2.24) is 10.2 Å². The van der Waals surface area contributed by atoms with Gasteiger partial charge in [0.05, 0.1) is 46.1 Å². The van der Waals surface area contributed by atoms with Crippen LogP contribution in [0.2, 0.25) is 0 Å². The monoisotopic (exact) mass is 446 g/mol. The van der Waals surface area contributed by atoms with Gasteiger partial charge in [0.25, 0.3) is 0 Å². The van der Waals surface area contributed by atoms with Crippen LogP contribution in [0.15, 0.2) is 40.9 Å². The summed E-state index contributed by atoms with van der Waals surface area (Å²) in [6.07, 6.45) is 0. The Bertz CT molecular complexity index is 961. The summed E-state index contributed by atoms with van der Waals surface area (Å²) in [6.45, 7) is 4.08. The average molecular weight is 447 g/mol. The number of methoxy groups -OCH3 is 3. The lowest BCUT2D eigenvalue weighted by atomic mass is 9.94. The number of carbonyl (C=O) groups is 2. The molecule has 31 heavy (non-hydrogen) atoms. The van der Waals surface area contributed by atoms with Crippen LogP contribution in [0.3, 0.4) is 0 Å². The Morgan fingerprint density at radius 3 is 2.35 bits per heavy atom. The number of amides is 2. The second kappa shape index (κ2) is 9.74. The van der Waals surface area contributed by atoms with E-state index < -0.39 is 12.0 Å². The van der Waals surface area contributed by atoms with Crippen molar-refractivity contribution in [2.45, 2.75) is 26.4 Å². The molecule has 0 saturated heterocycles. The third kappa shape index (κ3) is 4.46. The highest BCUT2D eigenvalue weighted by Gasteiger charge is 2.37. The van der Waals surface area contributed by atoms with E-state index in [1.54, 1.807) is 42.2 Å². The van der Waals surface area contributed by atoms with Crippen LogP contribution >= 0.6 is 11.3 Å². The molecule has 1 N–H and O–H groups in total. The molecule has 0 unspecified atom stereocenters. The molecule has 1 aromatic carbocycles. The topological polar surface area (TPSA) is 86.3 Å². The molecule has 1 aliphatic heterocycles. The van der Waals surface area contributed by atoms with E-state index in [2.05, 4.69) is 5.32 Å². The summed E-state index contributed by atoms with van der Waals surface area (Å²) in [5, 5.41) is 4.88. The number of esters is 1. The molecule has 0 fully saturated rings. The van der Waals surface area contributed by atoms with Crippen LogP contribution in [0, 0.1) is 0 Å². The van der Waals surface area contributed by atoms with Crippen LogP contribution in [0.25, 0.3) is 0 Å². The minimum Gasteiger partial charge on any atom is -0.493 e. The molecule has 2 heterocycles. The molecule has 166 valence electrons. The number of allylic oxidation sites excluding steroid dienone is 1. The van der Waals surface area contributed by atoms with Crippen molar-refractivity contribution in [2.75, 3.05) is 27.9 Å². The number of nitrogens with one attached hydrogen (secondary N) is 1. The van der Waals surface area contributed by atoms with Crippen LogP contribution in [0.4, 0.5) is 4.79 Å². The zero-order valence-corrected chi connectivity index (χ0v) is 19.0. The normalized spacial score (nSPS) is 16.1. The minimum absolute atomic E-state index is 0.219. The predicted molar refractivity (Wildman–Crippen MR) is 117 cm³/mol. The van der Waals surface area contributed by atoms with Gasteiger partial charge in [-0.15, -0.1) is 11.3 Å². The number of hydrogen-bond acceptors (Lipinski definition) is 7. The van der Waals surface area contributed by atoms with Crippen LogP contribution in [0.5, 0.6) is 17.2 Å². The van der Waals surface area contributed by atoms with Crippen LogP contribution in [0.1, 0.15) is 30.3 Å². The van der Waals surface area contributed by atoms with Crippen molar-refractivity contribution >= 4 is 23.3 Å². The quantitative estimate of drug-likeness (QED) is 0.620. The van der Waals surface area contributed by atoms with Crippen molar-refractivity contribution in [3.8, 4) is 17.2 Å². The Labute approximate surface area is 185 Å². The molecule has 2 amide bonds. The van der Waals surface area contributed by atoms with Crippen LogP contribution in [-0.4, -0.2) is 44.8 Å². The van der Waals surface area contributed by atoms with E-state index in [9.17, 15) is 9.59 Å². The number of thiophene rings is 1. The highest BCUT2D eigenvalue weighted by atomic mass is 32.1. The van der Waals surface area contributed by atoms with E-state index in [1.165, 1.54) is 21.3 Å². The van der Waals surface area contributed by atoms with Crippen LogP contribution < -0.4 is 19.5 Å². The Morgan fingerprint density at radius 1 is 1.16 bits per heavy atom. The van der Waals surface area contributed by atoms with Gasteiger partial charge in [-0.3, -0.25) is 4.90 Å². The van der Waals surface area contributed by atoms with Crippen molar-refractivity contribution in [3.63, 3.8) is 0 Å². The molecule has 0 radical (unpaired) electrons. The van der Waals surface area contributed by atoms with Gasteiger partial charge in [-0.2, -0.15) is 0 Å². The fraction of sp³-hybridized carbons (Fsp3) is 0.364. The number of benzene rings is 1. The van der Waals surface area contributed by atoms with E-state index in [1.807, 2.05) is 17.5 Å². The van der Waals surface area contributed by atoms with Gasteiger partial charge in [0, 0.05) is 10.6 Å². The first-order valence-electron chi connectivity index (χ1n) is 9.73. The van der Waals surface area contributed by atoms with Gasteiger partial charge in [-0.25, -0.2) is 9.59 Å². The smallest absolute Gasteiger partial charge is 0.338 e. The highest BCUT2D eigenvalue weighted by Crippen LogP contribution is 2.42. The summed E-state index contributed by atoms with van der Waals surface area (Å²) in [4.78, 5) is 28.5. The zero-order valence-electron chi connectivity index (χ0n) is 18.2. The molecule has 1 aliphatic rings. The van der Waals surface area contributed by atoms with E-state index in [0.717, 1.165) is 4.88 Å². The van der Waals surface area contributed by atoms with E-state index >= 15 is 0 Å². The molecule has 8 nitrogen and oxygen atoms in total.